The molecule has 0 N–H and O–H groups in total. The van der Waals surface area contributed by atoms with Crippen molar-refractivity contribution in [3.05, 3.63) is 158 Å². The highest BCUT2D eigenvalue weighted by molar-refractivity contribution is 6.65. The van der Waals surface area contributed by atoms with Crippen LogP contribution in [0.15, 0.2) is 158 Å². The van der Waals surface area contributed by atoms with E-state index in [4.69, 9.17) is 0 Å². The van der Waals surface area contributed by atoms with Crippen molar-refractivity contribution in [3.63, 3.8) is 0 Å². The average molecular weight is 939 g/mol. The van der Waals surface area contributed by atoms with Crippen molar-refractivity contribution in [1.82, 2.24) is 0 Å². The van der Waals surface area contributed by atoms with Gasteiger partial charge >= 0.3 is 0 Å². The van der Waals surface area contributed by atoms with Crippen LogP contribution in [0.1, 0.15) is 0 Å². The molecule has 0 fully saturated rings. The van der Waals surface area contributed by atoms with Crippen LogP contribution in [0.5, 0.6) is 0 Å². The maximum atomic E-state index is 2.62. The Morgan fingerprint density at radius 1 is 0.105 bits per heavy atom. The zero-order valence-corrected chi connectivity index (χ0v) is 40.0. The SMILES string of the molecule is c1cc2cc3cc4cc5cc6cc7cc8cc9cccc%10c%11cccc%12cc%13cc%14cc%15cc%16cc%17cc%18cc%19cccc%20c(c1)c2c1c3c2c4c3c5c4c6c5c7c6c8c(c9%10)c(c%12%11)c%13c6c%14c5c%15c4c%16c3c%17c2c%18c1c%19%20. The van der Waals surface area contributed by atoms with Crippen LogP contribution in [0.4, 0.5) is 0 Å². The Kier molecular flexibility index (Phi) is 4.31. The molecular formula is C76H26. The molecule has 0 spiro atoms. The first-order chi connectivity index (χ1) is 37.7. The maximum absolute atomic E-state index is 2.62. The van der Waals surface area contributed by atoms with Crippen molar-refractivity contribution in [1.29, 1.82) is 0 Å². The zero-order chi connectivity index (χ0) is 47.3. The molecule has 0 saturated heterocycles. The van der Waals surface area contributed by atoms with E-state index in [0.29, 0.717) is 0 Å². The van der Waals surface area contributed by atoms with Crippen molar-refractivity contribution in [2.45, 2.75) is 0 Å². The molecule has 0 amide bonds. The van der Waals surface area contributed by atoms with E-state index in [-0.39, 0.29) is 0 Å². The standard InChI is InChI=1S/C76H26/c1-5-27-13-31-17-35-21-39-25-40-23-37-19-33-15-29-7-3-11-45-46-12-4-8-30-16-34-20-38-24-42-26-41-22-36-18-32-14-28-6-2-10-44-43(9-1)47(27)63-51(31)67-55(35)71-59(39)75-61(40)73-57(37)69-53(33)65(49(29)45)66(50(30)46)54(34)70(69)58(38)74(73)62(42)76(75)60(41)72(71)56(36)68(67)52(32)64(63)48(28)44/h1-26H. The van der Waals surface area contributed by atoms with Gasteiger partial charge in [-0.05, 0) is 354 Å². The second-order valence-corrected chi connectivity index (χ2v) is 24.3. The molecule has 0 nitrogen and oxygen atoms in total. The molecule has 0 bridgehead atoms. The fourth-order valence-electron chi connectivity index (χ4n) is 19.6. The lowest BCUT2D eigenvalue weighted by atomic mass is 9.70. The molecule has 0 heteroatoms. The Labute approximate surface area is 424 Å². The summed E-state index contributed by atoms with van der Waals surface area (Å²) in [5, 5.41) is 71.0. The first-order valence-electron chi connectivity index (χ1n) is 27.3. The van der Waals surface area contributed by atoms with Gasteiger partial charge in [-0.1, -0.05) is 72.8 Å². The Bertz CT molecular complexity index is 6340. The molecule has 0 aliphatic carbocycles. The van der Waals surface area contributed by atoms with Gasteiger partial charge in [0.1, 0.15) is 0 Å². The van der Waals surface area contributed by atoms with E-state index in [1.54, 1.807) is 0 Å². The molecule has 0 radical (unpaired) electrons. The molecule has 0 aliphatic rings. The fourth-order valence-corrected chi connectivity index (χ4v) is 19.6. The van der Waals surface area contributed by atoms with Gasteiger partial charge in [-0.3, -0.25) is 0 Å². The summed E-state index contributed by atoms with van der Waals surface area (Å²) >= 11 is 0. The molecule has 0 saturated carbocycles. The van der Waals surface area contributed by atoms with E-state index >= 15 is 0 Å². The topological polar surface area (TPSA) is 0 Å². The molecule has 26 aromatic carbocycles. The van der Waals surface area contributed by atoms with E-state index in [9.17, 15) is 0 Å². The third kappa shape index (κ3) is 2.87. The summed E-state index contributed by atoms with van der Waals surface area (Å²) < 4.78 is 0. The Hall–Kier alpha value is -9.88. The quantitative estimate of drug-likeness (QED) is 0.105. The zero-order valence-electron chi connectivity index (χ0n) is 40.0. The van der Waals surface area contributed by atoms with Gasteiger partial charge in [-0.2, -0.15) is 0 Å². The Morgan fingerprint density at radius 2 is 0.237 bits per heavy atom. The highest BCUT2D eigenvalue weighted by Gasteiger charge is 2.36. The summed E-state index contributed by atoms with van der Waals surface area (Å²) in [5.41, 5.74) is 0. The van der Waals surface area contributed by atoms with Gasteiger partial charge < -0.3 is 0 Å². The number of hydrogen-bond acceptors (Lipinski definition) is 0. The Morgan fingerprint density at radius 3 is 0.395 bits per heavy atom. The minimum atomic E-state index is 1.34. The normalized spacial score (nSPS) is 14.6. The van der Waals surface area contributed by atoms with Crippen LogP contribution in [0.2, 0.25) is 0 Å². The highest BCUT2D eigenvalue weighted by Crippen LogP contribution is 2.65. The smallest absolute Gasteiger partial charge is 0.0000906 e. The van der Waals surface area contributed by atoms with Gasteiger partial charge in [0, 0.05) is 0 Å². The molecule has 0 aromatic heterocycles. The third-order valence-corrected chi connectivity index (χ3v) is 21.5. The van der Waals surface area contributed by atoms with Gasteiger partial charge in [-0.15, -0.1) is 0 Å². The first kappa shape index (κ1) is 33.8. The Balaban J connectivity index is 1.02. The lowest BCUT2D eigenvalue weighted by Crippen LogP contribution is -2.02. The van der Waals surface area contributed by atoms with E-state index < -0.39 is 0 Å². The molecule has 0 atom stereocenters. The largest absolute Gasteiger partial charge is 0.0610 e. The molecule has 330 valence electrons. The summed E-state index contributed by atoms with van der Waals surface area (Å²) in [7, 11) is 0. The predicted molar refractivity (Wildman–Crippen MR) is 332 cm³/mol. The highest BCUT2D eigenvalue weighted by atomic mass is 14.4. The minimum Gasteiger partial charge on any atom is -0.0610 e. The van der Waals surface area contributed by atoms with Crippen molar-refractivity contribution < 1.29 is 0 Å². The van der Waals surface area contributed by atoms with Gasteiger partial charge in [0.25, 0.3) is 0 Å². The van der Waals surface area contributed by atoms with Crippen LogP contribution in [0.3, 0.4) is 0 Å². The van der Waals surface area contributed by atoms with Crippen molar-refractivity contribution in [2.75, 3.05) is 0 Å². The number of benzene rings is 26. The molecule has 26 aromatic rings. The number of rotatable bonds is 0. The summed E-state index contributed by atoms with van der Waals surface area (Å²) in [5.74, 6) is 0. The van der Waals surface area contributed by atoms with Crippen LogP contribution in [-0.4, -0.2) is 0 Å². The van der Waals surface area contributed by atoms with E-state index in [0.717, 1.165) is 0 Å². The summed E-state index contributed by atoms with van der Waals surface area (Å²) in [4.78, 5) is 0. The first-order valence-corrected chi connectivity index (χ1v) is 27.3. The fraction of sp³-hybridized carbons (Fsp3) is 0. The van der Waals surface area contributed by atoms with Crippen LogP contribution >= 0.6 is 0 Å². The molecule has 0 aliphatic heterocycles. The lowest BCUT2D eigenvalue weighted by Gasteiger charge is -2.31. The van der Waals surface area contributed by atoms with Crippen molar-refractivity contribution in [3.8, 4) is 0 Å². The minimum absolute atomic E-state index is 1.34. The number of fused-ring (bicyclic) bond motifs is 2. The van der Waals surface area contributed by atoms with Gasteiger partial charge in [0.15, 0.2) is 0 Å². The molecule has 26 rings (SSSR count). The summed E-state index contributed by atoms with van der Waals surface area (Å²) in [6.07, 6.45) is 0. The van der Waals surface area contributed by atoms with Crippen LogP contribution < -0.4 is 0 Å². The monoisotopic (exact) mass is 938 g/mol. The second-order valence-electron chi connectivity index (χ2n) is 24.3. The summed E-state index contributed by atoms with van der Waals surface area (Å²) in [6.45, 7) is 0. The molecule has 76 heavy (non-hydrogen) atoms. The predicted octanol–water partition coefficient (Wildman–Crippen LogP) is 22.1. The van der Waals surface area contributed by atoms with Gasteiger partial charge in [0.2, 0.25) is 0 Å². The van der Waals surface area contributed by atoms with Crippen molar-refractivity contribution in [2.24, 2.45) is 0 Å². The molecular weight excluding hydrogens is 913 g/mol. The van der Waals surface area contributed by atoms with Crippen molar-refractivity contribution >= 4 is 269 Å². The van der Waals surface area contributed by atoms with Crippen LogP contribution in [-0.2, 0) is 0 Å². The molecule has 0 heterocycles. The molecule has 0 unspecified atom stereocenters. The second kappa shape index (κ2) is 9.70. The lowest BCUT2D eigenvalue weighted by molar-refractivity contribution is 1.82. The van der Waals surface area contributed by atoms with E-state index in [1.807, 2.05) is 0 Å². The van der Waals surface area contributed by atoms with Gasteiger partial charge in [-0.25, -0.2) is 0 Å². The summed E-state index contributed by atoms with van der Waals surface area (Å²) in [6, 6.07) is 64.3. The van der Waals surface area contributed by atoms with Gasteiger partial charge in [0.05, 0.1) is 0 Å². The van der Waals surface area contributed by atoms with Crippen LogP contribution in [0, 0.1) is 0 Å². The van der Waals surface area contributed by atoms with E-state index in [2.05, 4.69) is 158 Å². The third-order valence-electron chi connectivity index (χ3n) is 21.5. The number of hydrogen-bond donors (Lipinski definition) is 0. The van der Waals surface area contributed by atoms with E-state index in [1.165, 1.54) is 269 Å². The average Bonchev–Trinajstić information content (AvgIpc) is 1.90. The maximum Gasteiger partial charge on any atom is -0.0000906 e. The van der Waals surface area contributed by atoms with Crippen LogP contribution in [0.25, 0.3) is 269 Å².